The number of hydrogen-bond acceptors (Lipinski definition) is 2. The number of rotatable bonds is 1. The van der Waals surface area contributed by atoms with Gasteiger partial charge >= 0.3 is 0 Å². The van der Waals surface area contributed by atoms with E-state index in [1.165, 1.54) is 38.5 Å². The van der Waals surface area contributed by atoms with Crippen molar-refractivity contribution in [1.82, 2.24) is 9.80 Å². The van der Waals surface area contributed by atoms with Gasteiger partial charge in [-0.15, -0.1) is 0 Å². The van der Waals surface area contributed by atoms with Gasteiger partial charge in [-0.1, -0.05) is 0 Å². The van der Waals surface area contributed by atoms with Gasteiger partial charge in [-0.3, -0.25) is 9.69 Å². The molecule has 4 unspecified atom stereocenters. The zero-order valence-corrected chi connectivity index (χ0v) is 11.3. The molecule has 18 heavy (non-hydrogen) atoms. The summed E-state index contributed by atoms with van der Waals surface area (Å²) in [5, 5.41) is 0. The van der Waals surface area contributed by atoms with E-state index in [1.54, 1.807) is 0 Å². The predicted octanol–water partition coefficient (Wildman–Crippen LogP) is 1.73. The van der Waals surface area contributed by atoms with Gasteiger partial charge in [0.1, 0.15) is 0 Å². The molecule has 4 aliphatic rings. The number of likely N-dealkylation sites (N-methyl/N-ethyl adjacent to an activating group) is 1. The van der Waals surface area contributed by atoms with Crippen molar-refractivity contribution in [2.45, 2.75) is 50.6 Å². The first-order valence-corrected chi connectivity index (χ1v) is 7.73. The van der Waals surface area contributed by atoms with Crippen molar-refractivity contribution in [3.63, 3.8) is 0 Å². The molecule has 1 amide bonds. The van der Waals surface area contributed by atoms with Crippen molar-refractivity contribution in [3.8, 4) is 0 Å². The average molecular weight is 248 g/mol. The molecule has 2 bridgehead atoms. The molecule has 4 rings (SSSR count). The maximum absolute atomic E-state index is 12.6. The van der Waals surface area contributed by atoms with E-state index in [-0.39, 0.29) is 0 Å². The van der Waals surface area contributed by atoms with Crippen LogP contribution in [0.4, 0.5) is 0 Å². The van der Waals surface area contributed by atoms with Crippen LogP contribution in [-0.4, -0.2) is 47.9 Å². The fraction of sp³-hybridized carbons (Fsp3) is 0.933. The highest BCUT2D eigenvalue weighted by atomic mass is 16.2. The highest BCUT2D eigenvalue weighted by Crippen LogP contribution is 2.54. The summed E-state index contributed by atoms with van der Waals surface area (Å²) in [5.41, 5.74) is 0. The molecular formula is C15H24N2O. The zero-order valence-electron chi connectivity index (χ0n) is 11.3. The Kier molecular flexibility index (Phi) is 2.48. The van der Waals surface area contributed by atoms with Gasteiger partial charge in [0.15, 0.2) is 0 Å². The third-order valence-corrected chi connectivity index (χ3v) is 6.05. The minimum Gasteiger partial charge on any atom is -0.341 e. The van der Waals surface area contributed by atoms with Crippen LogP contribution in [0.1, 0.15) is 38.5 Å². The van der Waals surface area contributed by atoms with Crippen molar-refractivity contribution in [2.75, 3.05) is 20.1 Å². The van der Waals surface area contributed by atoms with Gasteiger partial charge in [-0.05, 0) is 57.4 Å². The van der Waals surface area contributed by atoms with Crippen molar-refractivity contribution in [3.05, 3.63) is 0 Å². The van der Waals surface area contributed by atoms with Crippen LogP contribution in [0.15, 0.2) is 0 Å². The lowest BCUT2D eigenvalue weighted by molar-refractivity contribution is -0.136. The summed E-state index contributed by atoms with van der Waals surface area (Å²) in [4.78, 5) is 17.3. The van der Waals surface area contributed by atoms with Crippen LogP contribution in [0.25, 0.3) is 0 Å². The molecule has 2 aliphatic heterocycles. The van der Waals surface area contributed by atoms with Crippen LogP contribution in [-0.2, 0) is 4.79 Å². The Bertz CT molecular complexity index is 360. The van der Waals surface area contributed by atoms with Crippen molar-refractivity contribution < 1.29 is 4.79 Å². The van der Waals surface area contributed by atoms with E-state index in [2.05, 4.69) is 16.8 Å². The summed E-state index contributed by atoms with van der Waals surface area (Å²) in [6.45, 7) is 2.01. The number of carbonyl (C=O) groups excluding carboxylic acids is 1. The van der Waals surface area contributed by atoms with Gasteiger partial charge in [-0.25, -0.2) is 0 Å². The van der Waals surface area contributed by atoms with Gasteiger partial charge in [-0.2, -0.15) is 0 Å². The van der Waals surface area contributed by atoms with Crippen LogP contribution in [0.2, 0.25) is 0 Å². The number of likely N-dealkylation sites (tertiary alicyclic amines) is 1. The van der Waals surface area contributed by atoms with Gasteiger partial charge in [0.25, 0.3) is 0 Å². The number of carbonyl (C=O) groups is 1. The second-order valence-corrected chi connectivity index (χ2v) is 7.05. The monoisotopic (exact) mass is 248 g/mol. The second kappa shape index (κ2) is 3.96. The van der Waals surface area contributed by atoms with E-state index in [0.29, 0.717) is 17.9 Å². The molecule has 0 aromatic rings. The Morgan fingerprint density at radius 2 is 1.72 bits per heavy atom. The summed E-state index contributed by atoms with van der Waals surface area (Å²) in [6.07, 6.45) is 7.64. The summed E-state index contributed by atoms with van der Waals surface area (Å²) < 4.78 is 0. The Morgan fingerprint density at radius 3 is 2.50 bits per heavy atom. The van der Waals surface area contributed by atoms with E-state index in [4.69, 9.17) is 0 Å². The summed E-state index contributed by atoms with van der Waals surface area (Å²) in [5.74, 6) is 2.72. The summed E-state index contributed by atoms with van der Waals surface area (Å²) in [6, 6.07) is 1.38. The topological polar surface area (TPSA) is 23.6 Å². The quantitative estimate of drug-likeness (QED) is 0.705. The maximum atomic E-state index is 12.6. The van der Waals surface area contributed by atoms with Crippen molar-refractivity contribution >= 4 is 5.91 Å². The summed E-state index contributed by atoms with van der Waals surface area (Å²) in [7, 11) is 2.25. The van der Waals surface area contributed by atoms with Gasteiger partial charge in [0.05, 0.1) is 0 Å². The highest BCUT2D eigenvalue weighted by Gasteiger charge is 2.49. The normalized spacial score (nSPS) is 46.9. The van der Waals surface area contributed by atoms with E-state index >= 15 is 0 Å². The molecule has 0 aromatic heterocycles. The molecule has 100 valence electrons. The SMILES string of the molecule is CN1C2CCC1CN(C(=O)C1CC3CC3C1)CC2. The Hall–Kier alpha value is -0.570. The summed E-state index contributed by atoms with van der Waals surface area (Å²) >= 11 is 0. The largest absolute Gasteiger partial charge is 0.341 e. The first-order chi connectivity index (χ1) is 8.72. The number of nitrogens with zero attached hydrogens (tertiary/aromatic N) is 2. The Morgan fingerprint density at radius 1 is 1.00 bits per heavy atom. The van der Waals surface area contributed by atoms with Crippen molar-refractivity contribution in [1.29, 1.82) is 0 Å². The molecular weight excluding hydrogens is 224 g/mol. The fourth-order valence-electron chi connectivity index (χ4n) is 4.68. The standard InChI is InChI=1S/C15H24N2O/c1-16-13-2-3-14(16)9-17(5-4-13)15(18)12-7-10-6-11(10)8-12/h10-14H,2-9H2,1H3. The lowest BCUT2D eigenvalue weighted by atomic mass is 10.0. The predicted molar refractivity (Wildman–Crippen MR) is 70.1 cm³/mol. The van der Waals surface area contributed by atoms with E-state index < -0.39 is 0 Å². The molecule has 0 radical (unpaired) electrons. The molecule has 0 aromatic carbocycles. The maximum Gasteiger partial charge on any atom is 0.225 e. The van der Waals surface area contributed by atoms with Gasteiger partial charge < -0.3 is 4.90 Å². The molecule has 3 heteroatoms. The fourth-order valence-corrected chi connectivity index (χ4v) is 4.68. The highest BCUT2D eigenvalue weighted by molar-refractivity contribution is 5.79. The number of hydrogen-bond donors (Lipinski definition) is 0. The average Bonchev–Trinajstić information content (AvgIpc) is 2.85. The number of amides is 1. The van der Waals surface area contributed by atoms with Gasteiger partial charge in [0, 0.05) is 31.1 Å². The molecule has 2 aliphatic carbocycles. The molecule has 2 saturated carbocycles. The van der Waals surface area contributed by atoms with E-state index in [9.17, 15) is 4.79 Å². The Labute approximate surface area is 110 Å². The van der Waals surface area contributed by atoms with Crippen LogP contribution in [0, 0.1) is 17.8 Å². The van der Waals surface area contributed by atoms with Crippen molar-refractivity contribution in [2.24, 2.45) is 17.8 Å². The first-order valence-electron chi connectivity index (χ1n) is 7.73. The van der Waals surface area contributed by atoms with Crippen LogP contribution in [0.5, 0.6) is 0 Å². The minimum absolute atomic E-state index is 0.385. The first kappa shape index (κ1) is 11.3. The molecule has 0 spiro atoms. The second-order valence-electron chi connectivity index (χ2n) is 7.05. The Balaban J connectivity index is 1.43. The molecule has 4 atom stereocenters. The van der Waals surface area contributed by atoms with E-state index in [0.717, 1.165) is 31.0 Å². The van der Waals surface area contributed by atoms with Gasteiger partial charge in [0.2, 0.25) is 5.91 Å². The lowest BCUT2D eigenvalue weighted by Gasteiger charge is -2.28. The number of fused-ring (bicyclic) bond motifs is 3. The van der Waals surface area contributed by atoms with Crippen LogP contribution < -0.4 is 0 Å². The molecule has 2 saturated heterocycles. The molecule has 4 fully saturated rings. The lowest BCUT2D eigenvalue weighted by Crippen LogP contribution is -2.42. The van der Waals surface area contributed by atoms with E-state index in [1.807, 2.05) is 0 Å². The third kappa shape index (κ3) is 1.70. The smallest absolute Gasteiger partial charge is 0.225 e. The van der Waals surface area contributed by atoms with Crippen LogP contribution in [0.3, 0.4) is 0 Å². The minimum atomic E-state index is 0.385. The molecule has 2 heterocycles. The third-order valence-electron chi connectivity index (χ3n) is 6.05. The zero-order chi connectivity index (χ0) is 12.3. The molecule has 0 N–H and O–H groups in total. The molecule has 3 nitrogen and oxygen atoms in total. The van der Waals surface area contributed by atoms with Crippen LogP contribution >= 0.6 is 0 Å².